The van der Waals surface area contributed by atoms with E-state index in [1.54, 1.807) is 19.2 Å². The summed E-state index contributed by atoms with van der Waals surface area (Å²) < 4.78 is 31.8. The van der Waals surface area contributed by atoms with Gasteiger partial charge >= 0.3 is 0 Å². The Balaban J connectivity index is 2.29. The highest BCUT2D eigenvalue weighted by molar-refractivity contribution is 7.89. The fourth-order valence-electron chi connectivity index (χ4n) is 2.68. The average molecular weight is 298 g/mol. The molecule has 1 aliphatic rings. The zero-order chi connectivity index (χ0) is 14.8. The summed E-state index contributed by atoms with van der Waals surface area (Å²) in [6, 6.07) is 4.76. The van der Waals surface area contributed by atoms with Crippen LogP contribution in [0, 0.1) is 0 Å². The van der Waals surface area contributed by atoms with Gasteiger partial charge in [0.1, 0.15) is 10.6 Å². The van der Waals surface area contributed by atoms with E-state index in [4.69, 9.17) is 10.5 Å². The molecule has 20 heavy (non-hydrogen) atoms. The second kappa shape index (κ2) is 6.01. The van der Waals surface area contributed by atoms with Crippen molar-refractivity contribution >= 4 is 15.7 Å². The van der Waals surface area contributed by atoms with Crippen LogP contribution < -0.4 is 10.5 Å². The smallest absolute Gasteiger partial charge is 0.245 e. The summed E-state index contributed by atoms with van der Waals surface area (Å²) in [7, 11) is -0.369. The molecule has 1 aliphatic carbocycles. The fourth-order valence-corrected chi connectivity index (χ4v) is 4.19. The van der Waals surface area contributed by atoms with Crippen molar-refractivity contribution in [2.24, 2.45) is 0 Å². The van der Waals surface area contributed by atoms with Crippen molar-refractivity contribution in [3.8, 4) is 5.75 Å². The van der Waals surface area contributed by atoms with Crippen molar-refractivity contribution in [2.75, 3.05) is 19.9 Å². The summed E-state index contributed by atoms with van der Waals surface area (Å²) in [6.07, 6.45) is 5.21. The second-order valence-corrected chi connectivity index (χ2v) is 7.18. The van der Waals surface area contributed by atoms with Crippen LogP contribution in [0.5, 0.6) is 5.75 Å². The Hall–Kier alpha value is -1.27. The third-order valence-corrected chi connectivity index (χ3v) is 5.95. The zero-order valence-corrected chi connectivity index (χ0v) is 12.8. The monoisotopic (exact) mass is 298 g/mol. The minimum absolute atomic E-state index is 0.0789. The third kappa shape index (κ3) is 2.91. The molecule has 1 aromatic rings. The van der Waals surface area contributed by atoms with E-state index >= 15 is 0 Å². The second-order valence-electron chi connectivity index (χ2n) is 5.22. The third-order valence-electron chi connectivity index (χ3n) is 3.96. The summed E-state index contributed by atoms with van der Waals surface area (Å²) in [5.41, 5.74) is 6.09. The Bertz CT molecular complexity index is 566. The maximum atomic E-state index is 12.7. The Labute approximate surface area is 120 Å². The molecule has 0 aromatic heterocycles. The molecule has 2 rings (SSSR count). The lowest BCUT2D eigenvalue weighted by Gasteiger charge is -2.30. The number of nitrogens with zero attached hydrogens (tertiary/aromatic N) is 1. The molecule has 0 radical (unpaired) electrons. The van der Waals surface area contributed by atoms with Crippen molar-refractivity contribution in [3.63, 3.8) is 0 Å². The van der Waals surface area contributed by atoms with Gasteiger partial charge in [-0.3, -0.25) is 0 Å². The van der Waals surface area contributed by atoms with Gasteiger partial charge in [0.2, 0.25) is 10.0 Å². The molecule has 5 nitrogen and oxygen atoms in total. The highest BCUT2D eigenvalue weighted by Crippen LogP contribution is 2.30. The van der Waals surface area contributed by atoms with Crippen LogP contribution in [-0.4, -0.2) is 32.9 Å². The topological polar surface area (TPSA) is 72.6 Å². The Morgan fingerprint density at radius 3 is 2.45 bits per heavy atom. The van der Waals surface area contributed by atoms with Crippen molar-refractivity contribution in [3.05, 3.63) is 18.2 Å². The number of anilines is 1. The van der Waals surface area contributed by atoms with Gasteiger partial charge in [-0.15, -0.1) is 0 Å². The summed E-state index contributed by atoms with van der Waals surface area (Å²) >= 11 is 0. The quantitative estimate of drug-likeness (QED) is 0.865. The number of ether oxygens (including phenoxy) is 1. The molecule has 112 valence electrons. The summed E-state index contributed by atoms with van der Waals surface area (Å²) in [5, 5.41) is 0. The van der Waals surface area contributed by atoms with Crippen LogP contribution in [0.3, 0.4) is 0 Å². The maximum absolute atomic E-state index is 12.7. The average Bonchev–Trinajstić information content (AvgIpc) is 2.46. The van der Waals surface area contributed by atoms with Gasteiger partial charge in [-0.1, -0.05) is 19.3 Å². The number of nitrogens with two attached hydrogens (primary N) is 1. The van der Waals surface area contributed by atoms with E-state index in [2.05, 4.69) is 0 Å². The first kappa shape index (κ1) is 15.1. The van der Waals surface area contributed by atoms with E-state index in [0.29, 0.717) is 5.75 Å². The van der Waals surface area contributed by atoms with Crippen molar-refractivity contribution in [1.82, 2.24) is 4.31 Å². The normalized spacial score (nSPS) is 17.4. The molecule has 0 atom stereocenters. The molecule has 0 amide bonds. The van der Waals surface area contributed by atoms with E-state index in [0.717, 1.165) is 25.7 Å². The van der Waals surface area contributed by atoms with Gasteiger partial charge in [0.05, 0.1) is 12.8 Å². The first-order valence-corrected chi connectivity index (χ1v) is 8.32. The van der Waals surface area contributed by atoms with Gasteiger partial charge in [0, 0.05) is 19.2 Å². The number of methoxy groups -OCH3 is 1. The number of hydrogen-bond donors (Lipinski definition) is 1. The maximum Gasteiger partial charge on any atom is 0.245 e. The van der Waals surface area contributed by atoms with E-state index < -0.39 is 10.0 Å². The number of nitrogen functional groups attached to an aromatic ring is 1. The summed E-state index contributed by atoms with van der Waals surface area (Å²) in [6.45, 7) is 0. The first-order valence-electron chi connectivity index (χ1n) is 6.88. The lowest BCUT2D eigenvalue weighted by atomic mass is 9.96. The van der Waals surface area contributed by atoms with Crippen LogP contribution in [0.1, 0.15) is 32.1 Å². The summed E-state index contributed by atoms with van der Waals surface area (Å²) in [4.78, 5) is 0.159. The Morgan fingerprint density at radius 1 is 1.25 bits per heavy atom. The van der Waals surface area contributed by atoms with E-state index in [-0.39, 0.29) is 16.6 Å². The molecular formula is C14H22N2O3S. The summed E-state index contributed by atoms with van der Waals surface area (Å²) in [5.74, 6) is 0.557. The molecule has 0 saturated heterocycles. The van der Waals surface area contributed by atoms with E-state index in [1.807, 2.05) is 0 Å². The molecular weight excluding hydrogens is 276 g/mol. The molecule has 1 aromatic carbocycles. The molecule has 6 heteroatoms. The number of hydrogen-bond acceptors (Lipinski definition) is 4. The predicted octanol–water partition coefficient (Wildman–Crippen LogP) is 2.23. The van der Waals surface area contributed by atoms with Gasteiger partial charge in [0.25, 0.3) is 0 Å². The van der Waals surface area contributed by atoms with Crippen LogP contribution >= 0.6 is 0 Å². The van der Waals surface area contributed by atoms with Gasteiger partial charge in [-0.05, 0) is 25.0 Å². The van der Waals surface area contributed by atoms with Gasteiger partial charge in [-0.2, -0.15) is 4.31 Å². The number of rotatable bonds is 4. The van der Waals surface area contributed by atoms with E-state index in [9.17, 15) is 8.42 Å². The van der Waals surface area contributed by atoms with Gasteiger partial charge in [0.15, 0.2) is 0 Å². The number of benzene rings is 1. The molecule has 1 saturated carbocycles. The first-order chi connectivity index (χ1) is 9.46. The molecule has 2 N–H and O–H groups in total. The van der Waals surface area contributed by atoms with Crippen LogP contribution in [-0.2, 0) is 10.0 Å². The highest BCUT2D eigenvalue weighted by atomic mass is 32.2. The standard InChI is InChI=1S/C14H22N2O3S/c1-16(11-6-4-3-5-7-11)20(17,18)14-9-8-12(19-2)10-13(14)15/h8-11H,3-7,15H2,1-2H3. The zero-order valence-electron chi connectivity index (χ0n) is 12.0. The molecule has 0 aliphatic heterocycles. The molecule has 1 fully saturated rings. The largest absolute Gasteiger partial charge is 0.497 e. The molecule has 0 spiro atoms. The van der Waals surface area contributed by atoms with Gasteiger partial charge in [-0.25, -0.2) is 8.42 Å². The predicted molar refractivity (Wildman–Crippen MR) is 79.2 cm³/mol. The number of sulfonamides is 1. The lowest BCUT2D eigenvalue weighted by molar-refractivity contribution is 0.286. The SMILES string of the molecule is COc1ccc(S(=O)(=O)N(C)C2CCCCC2)c(N)c1. The molecule has 0 unspecified atom stereocenters. The van der Waals surface area contributed by atoms with Gasteiger partial charge < -0.3 is 10.5 Å². The van der Waals surface area contributed by atoms with Crippen LogP contribution in [0.25, 0.3) is 0 Å². The van der Waals surface area contributed by atoms with Crippen molar-refractivity contribution < 1.29 is 13.2 Å². The Morgan fingerprint density at radius 2 is 1.90 bits per heavy atom. The minimum atomic E-state index is -3.54. The minimum Gasteiger partial charge on any atom is -0.497 e. The van der Waals surface area contributed by atoms with E-state index in [1.165, 1.54) is 23.9 Å². The highest BCUT2D eigenvalue weighted by Gasteiger charge is 2.30. The molecule has 0 heterocycles. The van der Waals surface area contributed by atoms with Crippen LogP contribution in [0.4, 0.5) is 5.69 Å². The Kier molecular flexibility index (Phi) is 4.55. The fraction of sp³-hybridized carbons (Fsp3) is 0.571. The lowest BCUT2D eigenvalue weighted by Crippen LogP contribution is -2.38. The van der Waals surface area contributed by atoms with Crippen molar-refractivity contribution in [1.29, 1.82) is 0 Å². The van der Waals surface area contributed by atoms with Crippen LogP contribution in [0.2, 0.25) is 0 Å². The molecule has 0 bridgehead atoms. The van der Waals surface area contributed by atoms with Crippen molar-refractivity contribution in [2.45, 2.75) is 43.0 Å². The van der Waals surface area contributed by atoms with Crippen LogP contribution in [0.15, 0.2) is 23.1 Å².